The predicted molar refractivity (Wildman–Crippen MR) is 139 cm³/mol. The molecule has 2 heteroatoms. The second-order valence-corrected chi connectivity index (χ2v) is 8.11. The molecule has 2 nitrogen and oxygen atoms in total. The van der Waals surface area contributed by atoms with Crippen molar-refractivity contribution >= 4 is 49.3 Å². The van der Waals surface area contributed by atoms with E-state index in [-0.39, 0.29) is 0 Å². The van der Waals surface area contributed by atoms with E-state index < -0.39 is 0 Å². The van der Waals surface area contributed by atoms with Crippen LogP contribution in [0.15, 0.2) is 109 Å². The Morgan fingerprint density at radius 3 is 1.88 bits per heavy atom. The number of nitrogens with zero attached hydrogens (tertiary/aromatic N) is 2. The van der Waals surface area contributed by atoms with Crippen molar-refractivity contribution in [2.45, 2.75) is 13.8 Å². The molecule has 0 saturated heterocycles. The Kier molecular flexibility index (Phi) is 4.26. The van der Waals surface area contributed by atoms with Crippen LogP contribution >= 0.6 is 0 Å². The summed E-state index contributed by atoms with van der Waals surface area (Å²) in [6, 6.07) is 32.7. The lowest BCUT2D eigenvalue weighted by atomic mass is 10.1. The zero-order valence-electron chi connectivity index (χ0n) is 18.3. The van der Waals surface area contributed by atoms with E-state index in [1.807, 2.05) is 0 Å². The number of aromatic nitrogens is 2. The summed E-state index contributed by atoms with van der Waals surface area (Å²) in [7, 11) is 0. The average molecular weight is 413 g/mol. The van der Waals surface area contributed by atoms with Gasteiger partial charge in [-0.15, -0.1) is 0 Å². The van der Waals surface area contributed by atoms with E-state index in [2.05, 4.69) is 132 Å². The molecule has 0 aliphatic heterocycles. The molecule has 0 N–H and O–H groups in total. The van der Waals surface area contributed by atoms with Crippen LogP contribution in [0, 0.1) is 0 Å². The Hall–Kier alpha value is -4.04. The van der Waals surface area contributed by atoms with Crippen LogP contribution in [0.2, 0.25) is 0 Å². The highest BCUT2D eigenvalue weighted by atomic mass is 15.0. The fourth-order valence-corrected chi connectivity index (χ4v) is 5.08. The maximum atomic E-state index is 2.42. The van der Waals surface area contributed by atoms with Gasteiger partial charge in [0.2, 0.25) is 0 Å². The molecule has 0 atom stereocenters. The quantitative estimate of drug-likeness (QED) is 0.259. The van der Waals surface area contributed by atoms with Gasteiger partial charge in [-0.1, -0.05) is 78.9 Å². The van der Waals surface area contributed by atoms with Crippen molar-refractivity contribution in [1.29, 1.82) is 0 Å². The molecular weight excluding hydrogens is 388 g/mol. The first-order valence-corrected chi connectivity index (χ1v) is 11.1. The first-order chi connectivity index (χ1) is 15.8. The first-order valence-electron chi connectivity index (χ1n) is 11.1. The number of allylic oxidation sites excluding steroid dienone is 4. The summed E-state index contributed by atoms with van der Waals surface area (Å²) in [4.78, 5) is 0. The Balaban J connectivity index is 1.95. The largest absolute Gasteiger partial charge is 0.308 e. The summed E-state index contributed by atoms with van der Waals surface area (Å²) in [5.74, 6) is 0. The number of fused-ring (bicyclic) bond motifs is 7. The molecule has 0 saturated carbocycles. The lowest BCUT2D eigenvalue weighted by Crippen LogP contribution is -1.98. The third-order valence-corrected chi connectivity index (χ3v) is 6.37. The van der Waals surface area contributed by atoms with Crippen molar-refractivity contribution in [2.24, 2.45) is 0 Å². The molecule has 0 bridgehead atoms. The van der Waals surface area contributed by atoms with E-state index in [0.29, 0.717) is 0 Å². The summed E-state index contributed by atoms with van der Waals surface area (Å²) in [6.07, 6.45) is 6.50. The molecule has 6 rings (SSSR count). The van der Waals surface area contributed by atoms with E-state index in [0.717, 1.165) is 0 Å². The minimum Gasteiger partial charge on any atom is -0.308 e. The maximum Gasteiger partial charge on any atom is 0.0788 e. The van der Waals surface area contributed by atoms with Gasteiger partial charge in [0.25, 0.3) is 0 Å². The topological polar surface area (TPSA) is 9.86 Å². The van der Waals surface area contributed by atoms with Gasteiger partial charge < -0.3 is 9.13 Å². The van der Waals surface area contributed by atoms with E-state index >= 15 is 0 Å². The molecule has 4 aromatic carbocycles. The average Bonchev–Trinajstić information content (AvgIpc) is 3.36. The SMILES string of the molecule is C/C=C\C(=C/C)n1c2ccccc2c2ccc3c4ccccc4n(-c4ccccc4)c3c21. The van der Waals surface area contributed by atoms with Crippen molar-refractivity contribution in [1.82, 2.24) is 9.13 Å². The summed E-state index contributed by atoms with van der Waals surface area (Å²) < 4.78 is 4.84. The van der Waals surface area contributed by atoms with Crippen molar-refractivity contribution < 1.29 is 0 Å². The van der Waals surface area contributed by atoms with Crippen LogP contribution in [0.5, 0.6) is 0 Å². The first kappa shape index (κ1) is 18.7. The van der Waals surface area contributed by atoms with Gasteiger partial charge in [-0.3, -0.25) is 0 Å². The highest BCUT2D eigenvalue weighted by molar-refractivity contribution is 6.24. The van der Waals surface area contributed by atoms with Crippen molar-refractivity contribution in [3.8, 4) is 5.69 Å². The minimum atomic E-state index is 1.18. The fraction of sp³-hybridized carbons (Fsp3) is 0.0667. The van der Waals surface area contributed by atoms with Gasteiger partial charge in [0.05, 0.1) is 22.1 Å². The lowest BCUT2D eigenvalue weighted by molar-refractivity contribution is 1.17. The highest BCUT2D eigenvalue weighted by Crippen LogP contribution is 2.41. The Labute approximate surface area is 187 Å². The van der Waals surface area contributed by atoms with Crippen LogP contribution in [0.3, 0.4) is 0 Å². The van der Waals surface area contributed by atoms with E-state index in [9.17, 15) is 0 Å². The maximum absolute atomic E-state index is 2.42. The van der Waals surface area contributed by atoms with Gasteiger partial charge in [-0.2, -0.15) is 0 Å². The number of para-hydroxylation sites is 3. The van der Waals surface area contributed by atoms with Crippen LogP contribution in [0.25, 0.3) is 55.0 Å². The predicted octanol–water partition coefficient (Wildman–Crippen LogP) is 8.33. The third kappa shape index (κ3) is 2.53. The summed E-state index contributed by atoms with van der Waals surface area (Å²) in [6.45, 7) is 4.19. The standard InChI is InChI=1S/C30H24N2/c1-3-12-21(4-2)31-27-17-10-8-15-23(27)25-19-20-26-24-16-9-11-18-28(24)32(30(26)29(25)31)22-13-6-5-7-14-22/h3-20H,1-2H3/b12-3-,21-4+. The molecule has 0 aliphatic carbocycles. The van der Waals surface area contributed by atoms with Gasteiger partial charge in [0.15, 0.2) is 0 Å². The zero-order chi connectivity index (χ0) is 21.7. The molecule has 0 spiro atoms. The van der Waals surface area contributed by atoms with Crippen molar-refractivity contribution in [3.63, 3.8) is 0 Å². The molecule has 0 amide bonds. The Bertz CT molecular complexity index is 1670. The lowest BCUT2D eigenvalue weighted by Gasteiger charge is -2.13. The molecule has 2 aromatic heterocycles. The van der Waals surface area contributed by atoms with Gasteiger partial charge >= 0.3 is 0 Å². The van der Waals surface area contributed by atoms with Crippen LogP contribution < -0.4 is 0 Å². The molecule has 0 radical (unpaired) electrons. The van der Waals surface area contributed by atoms with Crippen molar-refractivity contribution in [3.05, 3.63) is 109 Å². The molecule has 154 valence electrons. The fourth-order valence-electron chi connectivity index (χ4n) is 5.08. The van der Waals surface area contributed by atoms with Crippen LogP contribution in [0.1, 0.15) is 13.8 Å². The summed E-state index contributed by atoms with van der Waals surface area (Å²) in [5, 5.41) is 5.10. The highest BCUT2D eigenvalue weighted by Gasteiger charge is 2.20. The Morgan fingerprint density at radius 2 is 1.19 bits per heavy atom. The monoisotopic (exact) mass is 412 g/mol. The molecule has 2 heterocycles. The van der Waals surface area contributed by atoms with Crippen LogP contribution in [-0.4, -0.2) is 9.13 Å². The molecule has 6 aromatic rings. The molecule has 32 heavy (non-hydrogen) atoms. The number of hydrogen-bond acceptors (Lipinski definition) is 0. The van der Waals surface area contributed by atoms with Crippen LogP contribution in [-0.2, 0) is 0 Å². The van der Waals surface area contributed by atoms with E-state index in [1.54, 1.807) is 0 Å². The van der Waals surface area contributed by atoms with E-state index in [1.165, 1.54) is 55.0 Å². The van der Waals surface area contributed by atoms with Gasteiger partial charge in [-0.05, 0) is 44.2 Å². The number of hydrogen-bond donors (Lipinski definition) is 0. The number of rotatable bonds is 3. The summed E-state index contributed by atoms with van der Waals surface area (Å²) >= 11 is 0. The second kappa shape index (κ2) is 7.28. The van der Waals surface area contributed by atoms with Crippen molar-refractivity contribution in [2.75, 3.05) is 0 Å². The van der Waals surface area contributed by atoms with Gasteiger partial charge in [0, 0.05) is 32.9 Å². The Morgan fingerprint density at radius 1 is 0.594 bits per heavy atom. The van der Waals surface area contributed by atoms with Gasteiger partial charge in [-0.25, -0.2) is 0 Å². The normalized spacial score (nSPS) is 12.8. The van der Waals surface area contributed by atoms with Gasteiger partial charge in [0.1, 0.15) is 0 Å². The summed E-state index contributed by atoms with van der Waals surface area (Å²) in [5.41, 5.74) is 7.30. The van der Waals surface area contributed by atoms with E-state index in [4.69, 9.17) is 0 Å². The van der Waals surface area contributed by atoms with Crippen LogP contribution in [0.4, 0.5) is 0 Å². The zero-order valence-corrected chi connectivity index (χ0v) is 18.3. The molecule has 0 aliphatic rings. The second-order valence-electron chi connectivity index (χ2n) is 8.11. The molecule has 0 fully saturated rings. The molecule has 0 unspecified atom stereocenters. The minimum absolute atomic E-state index is 1.18. The smallest absolute Gasteiger partial charge is 0.0788 e. The third-order valence-electron chi connectivity index (χ3n) is 6.37. The molecular formula is C30H24N2. The number of benzene rings is 4.